The van der Waals surface area contributed by atoms with Crippen LogP contribution < -0.4 is 20.1 Å². The van der Waals surface area contributed by atoms with E-state index >= 15 is 0 Å². The molecule has 8 nitrogen and oxygen atoms in total. The number of benzene rings is 1. The van der Waals surface area contributed by atoms with Crippen molar-refractivity contribution < 1.29 is 19.1 Å². The van der Waals surface area contributed by atoms with E-state index in [0.717, 1.165) is 28.4 Å². The van der Waals surface area contributed by atoms with Gasteiger partial charge in [-0.2, -0.15) is 0 Å². The maximum atomic E-state index is 12.5. The lowest BCUT2D eigenvalue weighted by molar-refractivity contribution is -0.122. The molecule has 0 spiro atoms. The van der Waals surface area contributed by atoms with E-state index < -0.39 is 5.54 Å². The number of amides is 2. The Kier molecular flexibility index (Phi) is 4.97. The molecule has 3 aromatic rings. The fourth-order valence-electron chi connectivity index (χ4n) is 4.33. The van der Waals surface area contributed by atoms with Crippen molar-refractivity contribution >= 4 is 17.5 Å². The number of rotatable bonds is 7. The fourth-order valence-corrected chi connectivity index (χ4v) is 4.33. The maximum absolute atomic E-state index is 12.5. The number of nitrogens with one attached hydrogen (secondary N) is 2. The third-order valence-corrected chi connectivity index (χ3v) is 5.93. The first-order valence-corrected chi connectivity index (χ1v) is 10.5. The van der Waals surface area contributed by atoms with E-state index in [1.54, 1.807) is 0 Å². The Hall–Kier alpha value is -3.55. The lowest BCUT2D eigenvalue weighted by atomic mass is 9.85. The highest BCUT2D eigenvalue weighted by atomic mass is 16.7. The average molecular weight is 420 g/mol. The molecule has 8 heteroatoms. The van der Waals surface area contributed by atoms with Crippen molar-refractivity contribution in [2.24, 2.45) is 0 Å². The van der Waals surface area contributed by atoms with E-state index in [9.17, 15) is 9.59 Å². The predicted molar refractivity (Wildman–Crippen MR) is 113 cm³/mol. The molecule has 2 aromatic heterocycles. The first-order chi connectivity index (χ1) is 15.1. The van der Waals surface area contributed by atoms with Gasteiger partial charge >= 0.3 is 0 Å². The Labute approximate surface area is 179 Å². The minimum absolute atomic E-state index is 0.0332. The summed E-state index contributed by atoms with van der Waals surface area (Å²) in [5.74, 6) is 1.44. The quantitative estimate of drug-likeness (QED) is 0.612. The lowest BCUT2D eigenvalue weighted by Gasteiger charge is -2.29. The summed E-state index contributed by atoms with van der Waals surface area (Å²) in [5, 5.41) is 6.07. The van der Waals surface area contributed by atoms with Crippen molar-refractivity contribution in [2.45, 2.75) is 44.2 Å². The molecule has 2 N–H and O–H groups in total. The van der Waals surface area contributed by atoms with Crippen LogP contribution in [0.15, 0.2) is 48.8 Å². The largest absolute Gasteiger partial charge is 0.454 e. The Morgan fingerprint density at radius 3 is 2.97 bits per heavy atom. The van der Waals surface area contributed by atoms with E-state index in [4.69, 9.17) is 9.47 Å². The number of carbonyl (C=O) groups is 2. The molecule has 0 aliphatic carbocycles. The van der Waals surface area contributed by atoms with Gasteiger partial charge in [0.1, 0.15) is 5.65 Å². The molecule has 160 valence electrons. The molecule has 2 aliphatic rings. The highest BCUT2D eigenvalue weighted by Crippen LogP contribution is 2.35. The molecule has 1 saturated heterocycles. The average Bonchev–Trinajstić information content (AvgIpc) is 3.49. The summed E-state index contributed by atoms with van der Waals surface area (Å²) in [7, 11) is 0. The number of hydrogen-bond donors (Lipinski definition) is 2. The van der Waals surface area contributed by atoms with Crippen molar-refractivity contribution in [2.75, 3.05) is 6.79 Å². The third kappa shape index (κ3) is 4.19. The lowest BCUT2D eigenvalue weighted by Crippen LogP contribution is -2.44. The molecule has 1 fully saturated rings. The number of ether oxygens (including phenoxy) is 2. The second-order valence-corrected chi connectivity index (χ2v) is 8.17. The van der Waals surface area contributed by atoms with Gasteiger partial charge in [-0.1, -0.05) is 12.1 Å². The van der Waals surface area contributed by atoms with Crippen LogP contribution in [0, 0.1) is 0 Å². The molecule has 1 unspecified atom stereocenters. The smallest absolute Gasteiger partial charge is 0.231 e. The van der Waals surface area contributed by atoms with E-state index in [-0.39, 0.29) is 18.6 Å². The minimum atomic E-state index is -0.425. The first kappa shape index (κ1) is 19.4. The molecule has 0 bridgehead atoms. The summed E-state index contributed by atoms with van der Waals surface area (Å²) in [4.78, 5) is 29.0. The summed E-state index contributed by atoms with van der Waals surface area (Å²) in [6.45, 7) is 0.606. The van der Waals surface area contributed by atoms with Crippen LogP contribution in [0.2, 0.25) is 0 Å². The van der Waals surface area contributed by atoms with Crippen LogP contribution >= 0.6 is 0 Å². The van der Waals surface area contributed by atoms with Gasteiger partial charge in [0, 0.05) is 30.8 Å². The van der Waals surface area contributed by atoms with Crippen LogP contribution in [0.1, 0.15) is 36.9 Å². The van der Waals surface area contributed by atoms with Crippen LogP contribution in [-0.2, 0) is 22.6 Å². The number of carbonyl (C=O) groups excluding carboxylic acids is 2. The summed E-state index contributed by atoms with van der Waals surface area (Å²) < 4.78 is 12.8. The second-order valence-electron chi connectivity index (χ2n) is 8.17. The first-order valence-electron chi connectivity index (χ1n) is 10.5. The minimum Gasteiger partial charge on any atom is -0.454 e. The van der Waals surface area contributed by atoms with E-state index in [1.807, 2.05) is 53.2 Å². The number of fused-ring (bicyclic) bond motifs is 2. The van der Waals surface area contributed by atoms with Crippen LogP contribution in [0.4, 0.5) is 0 Å². The fraction of sp³-hybridized carbons (Fsp3) is 0.348. The summed E-state index contributed by atoms with van der Waals surface area (Å²) in [5.41, 5.74) is 2.29. The number of hydrogen-bond acceptors (Lipinski definition) is 5. The number of pyridine rings is 1. The summed E-state index contributed by atoms with van der Waals surface area (Å²) in [6, 6.07) is 11.6. The number of imidazole rings is 1. The molecule has 31 heavy (non-hydrogen) atoms. The van der Waals surface area contributed by atoms with E-state index in [0.29, 0.717) is 38.6 Å². The van der Waals surface area contributed by atoms with Crippen LogP contribution in [0.25, 0.3) is 5.65 Å². The molecule has 0 saturated carbocycles. The molecular formula is C23H24N4O4. The molecule has 1 aromatic carbocycles. The number of nitrogens with zero attached hydrogens (tertiary/aromatic N) is 2. The van der Waals surface area contributed by atoms with Gasteiger partial charge in [-0.3, -0.25) is 9.59 Å². The van der Waals surface area contributed by atoms with Crippen LogP contribution in [0.5, 0.6) is 11.5 Å². The SMILES string of the molecule is O=C(CCC1(Cc2ccc3c(c2)OCO3)CCC(=O)N1)NCc1cn2ccccc2n1. The van der Waals surface area contributed by atoms with Gasteiger partial charge in [0.25, 0.3) is 0 Å². The van der Waals surface area contributed by atoms with Gasteiger partial charge in [-0.05, 0) is 49.1 Å². The second kappa shape index (κ2) is 7.94. The predicted octanol–water partition coefficient (Wildman–Crippen LogP) is 2.35. The van der Waals surface area contributed by atoms with Crippen molar-refractivity contribution in [1.82, 2.24) is 20.0 Å². The third-order valence-electron chi connectivity index (χ3n) is 5.93. The summed E-state index contributed by atoms with van der Waals surface area (Å²) in [6.07, 6.45) is 6.58. The van der Waals surface area contributed by atoms with Gasteiger partial charge in [-0.15, -0.1) is 0 Å². The zero-order valence-corrected chi connectivity index (χ0v) is 17.1. The highest BCUT2D eigenvalue weighted by molar-refractivity contribution is 5.80. The molecule has 4 heterocycles. The van der Waals surface area contributed by atoms with Gasteiger partial charge in [0.05, 0.1) is 12.2 Å². The Morgan fingerprint density at radius 1 is 1.23 bits per heavy atom. The van der Waals surface area contributed by atoms with E-state index in [1.165, 1.54) is 0 Å². The van der Waals surface area contributed by atoms with Crippen LogP contribution in [-0.4, -0.2) is 33.5 Å². The summed E-state index contributed by atoms with van der Waals surface area (Å²) >= 11 is 0. The molecule has 5 rings (SSSR count). The van der Waals surface area contributed by atoms with Gasteiger partial charge < -0.3 is 24.5 Å². The van der Waals surface area contributed by atoms with Crippen molar-refractivity contribution in [3.8, 4) is 11.5 Å². The van der Waals surface area contributed by atoms with Crippen molar-refractivity contribution in [3.63, 3.8) is 0 Å². The zero-order chi connectivity index (χ0) is 21.3. The van der Waals surface area contributed by atoms with Crippen LogP contribution in [0.3, 0.4) is 0 Å². The monoisotopic (exact) mass is 420 g/mol. The maximum Gasteiger partial charge on any atom is 0.231 e. The normalized spacial score (nSPS) is 19.5. The van der Waals surface area contributed by atoms with E-state index in [2.05, 4.69) is 15.6 Å². The Bertz CT molecular complexity index is 1110. The van der Waals surface area contributed by atoms with Gasteiger partial charge in [-0.25, -0.2) is 4.98 Å². The topological polar surface area (TPSA) is 94.0 Å². The molecule has 2 amide bonds. The molecule has 0 radical (unpaired) electrons. The zero-order valence-electron chi connectivity index (χ0n) is 17.1. The van der Waals surface area contributed by atoms with Gasteiger partial charge in [0.15, 0.2) is 11.5 Å². The molecule has 2 aliphatic heterocycles. The Balaban J connectivity index is 1.20. The van der Waals surface area contributed by atoms with Crippen molar-refractivity contribution in [3.05, 3.63) is 60.0 Å². The van der Waals surface area contributed by atoms with Gasteiger partial charge in [0.2, 0.25) is 18.6 Å². The molecular weight excluding hydrogens is 396 g/mol. The highest BCUT2D eigenvalue weighted by Gasteiger charge is 2.38. The molecule has 1 atom stereocenters. The number of aromatic nitrogens is 2. The Morgan fingerprint density at radius 2 is 2.13 bits per heavy atom. The van der Waals surface area contributed by atoms with Crippen molar-refractivity contribution in [1.29, 1.82) is 0 Å². The standard InChI is InChI=1S/C23H24N4O4/c28-21(24-13-17-14-27-10-2-1-3-20(27)25-17)6-8-23(9-7-22(29)26-23)12-16-4-5-18-19(11-16)31-15-30-18/h1-5,10-11,14H,6-9,12-13,15H2,(H,24,28)(H,26,29).